The van der Waals surface area contributed by atoms with Crippen molar-refractivity contribution in [2.24, 2.45) is 0 Å². The van der Waals surface area contributed by atoms with Crippen molar-refractivity contribution in [2.75, 3.05) is 19.8 Å². The first kappa shape index (κ1) is 10.6. The summed E-state index contributed by atoms with van der Waals surface area (Å²) in [5.74, 6) is 1.95. The monoisotopic (exact) mass is 210 g/mol. The highest BCUT2D eigenvalue weighted by molar-refractivity contribution is 5.02. The highest BCUT2D eigenvalue weighted by atomic mass is 16.5. The lowest BCUT2D eigenvalue weighted by atomic mass is 10.2. The van der Waals surface area contributed by atoms with Crippen molar-refractivity contribution in [3.8, 4) is 0 Å². The quantitative estimate of drug-likeness (QED) is 0.785. The van der Waals surface area contributed by atoms with Crippen molar-refractivity contribution in [1.82, 2.24) is 20.1 Å². The number of nitrogens with zero attached hydrogens (tertiary/aromatic N) is 3. The molecule has 5 heteroatoms. The Morgan fingerprint density at radius 2 is 2.27 bits per heavy atom. The molecule has 0 saturated carbocycles. The molecule has 1 aliphatic rings. The van der Waals surface area contributed by atoms with Crippen LogP contribution in [0.3, 0.4) is 0 Å². The molecule has 0 bridgehead atoms. The van der Waals surface area contributed by atoms with E-state index in [4.69, 9.17) is 4.74 Å². The smallest absolute Gasteiger partial charge is 0.152 e. The van der Waals surface area contributed by atoms with Crippen molar-refractivity contribution < 1.29 is 4.74 Å². The Hall–Kier alpha value is -0.940. The minimum absolute atomic E-state index is 0.183. The van der Waals surface area contributed by atoms with Gasteiger partial charge in [-0.1, -0.05) is 0 Å². The summed E-state index contributed by atoms with van der Waals surface area (Å²) in [5.41, 5.74) is 0. The first-order valence-corrected chi connectivity index (χ1v) is 5.42. The fraction of sp³-hybridized carbons (Fsp3) is 0.800. The van der Waals surface area contributed by atoms with Gasteiger partial charge in [-0.15, -0.1) is 10.2 Å². The molecule has 0 spiro atoms. The Kier molecular flexibility index (Phi) is 3.02. The zero-order valence-corrected chi connectivity index (χ0v) is 9.53. The summed E-state index contributed by atoms with van der Waals surface area (Å²) in [6.07, 6.45) is 0. The zero-order valence-electron chi connectivity index (χ0n) is 9.53. The van der Waals surface area contributed by atoms with E-state index in [-0.39, 0.29) is 6.04 Å². The van der Waals surface area contributed by atoms with Gasteiger partial charge >= 0.3 is 0 Å². The topological polar surface area (TPSA) is 52.0 Å². The standard InChI is InChI=1S/C10H18N4O/c1-7(2)14-8(3)12-13-10(14)9-6-15-5-4-11-9/h7,9,11H,4-6H2,1-3H3. The van der Waals surface area contributed by atoms with Crippen LogP contribution in [0.1, 0.15) is 37.6 Å². The number of ether oxygens (including phenoxy) is 1. The van der Waals surface area contributed by atoms with Gasteiger partial charge in [-0.25, -0.2) is 0 Å². The van der Waals surface area contributed by atoms with E-state index in [0.717, 1.165) is 24.8 Å². The molecule has 1 saturated heterocycles. The Morgan fingerprint density at radius 3 is 2.87 bits per heavy atom. The molecule has 0 aromatic carbocycles. The van der Waals surface area contributed by atoms with E-state index in [1.807, 2.05) is 6.92 Å². The molecule has 0 aliphatic carbocycles. The van der Waals surface area contributed by atoms with Crippen LogP contribution in [0.5, 0.6) is 0 Å². The molecule has 15 heavy (non-hydrogen) atoms. The molecule has 1 fully saturated rings. The Bertz CT molecular complexity index is 328. The second-order valence-electron chi connectivity index (χ2n) is 4.15. The second kappa shape index (κ2) is 4.28. The average molecular weight is 210 g/mol. The highest BCUT2D eigenvalue weighted by Crippen LogP contribution is 2.18. The summed E-state index contributed by atoms with van der Waals surface area (Å²) in [6.45, 7) is 8.62. The van der Waals surface area contributed by atoms with E-state index in [2.05, 4.69) is 33.9 Å². The lowest BCUT2D eigenvalue weighted by molar-refractivity contribution is 0.0726. The van der Waals surface area contributed by atoms with Crippen molar-refractivity contribution in [3.63, 3.8) is 0 Å². The molecule has 0 radical (unpaired) electrons. The lowest BCUT2D eigenvalue weighted by Gasteiger charge is -2.24. The number of morpholine rings is 1. The molecule has 0 amide bonds. The number of rotatable bonds is 2. The molecule has 84 valence electrons. The maximum absolute atomic E-state index is 5.44. The van der Waals surface area contributed by atoms with Gasteiger partial charge in [-0.3, -0.25) is 0 Å². The molecule has 1 N–H and O–H groups in total. The highest BCUT2D eigenvalue weighted by Gasteiger charge is 2.23. The third kappa shape index (κ3) is 2.03. The summed E-state index contributed by atoms with van der Waals surface area (Å²) in [6, 6.07) is 0.570. The summed E-state index contributed by atoms with van der Waals surface area (Å²) >= 11 is 0. The van der Waals surface area contributed by atoms with E-state index in [1.54, 1.807) is 0 Å². The normalized spacial score (nSPS) is 22.3. The van der Waals surface area contributed by atoms with Crippen LogP contribution >= 0.6 is 0 Å². The van der Waals surface area contributed by atoms with Gasteiger partial charge in [0, 0.05) is 12.6 Å². The molecule has 1 aromatic heterocycles. The molecule has 5 nitrogen and oxygen atoms in total. The molecule has 1 aromatic rings. The van der Waals surface area contributed by atoms with Crippen LogP contribution in [0.2, 0.25) is 0 Å². The summed E-state index contributed by atoms with van der Waals surface area (Å²) in [5, 5.41) is 11.8. The van der Waals surface area contributed by atoms with Gasteiger partial charge in [-0.2, -0.15) is 0 Å². The average Bonchev–Trinajstić information content (AvgIpc) is 2.61. The van der Waals surface area contributed by atoms with Gasteiger partial charge in [-0.05, 0) is 20.8 Å². The van der Waals surface area contributed by atoms with Gasteiger partial charge in [0.1, 0.15) is 5.82 Å². The number of aromatic nitrogens is 3. The fourth-order valence-corrected chi connectivity index (χ4v) is 1.99. The second-order valence-corrected chi connectivity index (χ2v) is 4.15. The third-order valence-corrected chi connectivity index (χ3v) is 2.64. The minimum Gasteiger partial charge on any atom is -0.378 e. The van der Waals surface area contributed by atoms with Crippen molar-refractivity contribution >= 4 is 0 Å². The van der Waals surface area contributed by atoms with Crippen LogP contribution in [-0.4, -0.2) is 34.5 Å². The van der Waals surface area contributed by atoms with Crippen molar-refractivity contribution in [1.29, 1.82) is 0 Å². The van der Waals surface area contributed by atoms with Gasteiger partial charge in [0.2, 0.25) is 0 Å². The van der Waals surface area contributed by atoms with Crippen LogP contribution in [0.4, 0.5) is 0 Å². The van der Waals surface area contributed by atoms with Crippen LogP contribution in [0.25, 0.3) is 0 Å². The van der Waals surface area contributed by atoms with Crippen LogP contribution in [-0.2, 0) is 4.74 Å². The number of nitrogens with one attached hydrogen (secondary N) is 1. The molecule has 1 atom stereocenters. The summed E-state index contributed by atoms with van der Waals surface area (Å²) in [4.78, 5) is 0. The van der Waals surface area contributed by atoms with Crippen LogP contribution < -0.4 is 5.32 Å². The van der Waals surface area contributed by atoms with E-state index < -0.39 is 0 Å². The first-order chi connectivity index (χ1) is 7.20. The third-order valence-electron chi connectivity index (χ3n) is 2.64. The largest absolute Gasteiger partial charge is 0.378 e. The Morgan fingerprint density at radius 1 is 1.47 bits per heavy atom. The summed E-state index contributed by atoms with van der Waals surface area (Å²) in [7, 11) is 0. The number of hydrogen-bond donors (Lipinski definition) is 1. The summed E-state index contributed by atoms with van der Waals surface area (Å²) < 4.78 is 7.60. The van der Waals surface area contributed by atoms with Gasteiger partial charge < -0.3 is 14.6 Å². The number of hydrogen-bond acceptors (Lipinski definition) is 4. The Balaban J connectivity index is 2.26. The molecular formula is C10H18N4O. The predicted octanol–water partition coefficient (Wildman–Crippen LogP) is 0.828. The molecular weight excluding hydrogens is 192 g/mol. The van der Waals surface area contributed by atoms with Gasteiger partial charge in [0.15, 0.2) is 5.82 Å². The van der Waals surface area contributed by atoms with E-state index >= 15 is 0 Å². The van der Waals surface area contributed by atoms with Gasteiger partial charge in [0.05, 0.1) is 19.3 Å². The molecule has 2 heterocycles. The lowest BCUT2D eigenvalue weighted by Crippen LogP contribution is -2.36. The number of aryl methyl sites for hydroxylation is 1. The zero-order chi connectivity index (χ0) is 10.8. The molecule has 2 rings (SSSR count). The fourth-order valence-electron chi connectivity index (χ4n) is 1.99. The molecule has 1 aliphatic heterocycles. The van der Waals surface area contributed by atoms with E-state index in [1.165, 1.54) is 0 Å². The minimum atomic E-state index is 0.183. The maximum Gasteiger partial charge on any atom is 0.152 e. The van der Waals surface area contributed by atoms with Crippen LogP contribution in [0, 0.1) is 6.92 Å². The predicted molar refractivity (Wildman–Crippen MR) is 56.7 cm³/mol. The van der Waals surface area contributed by atoms with E-state index in [9.17, 15) is 0 Å². The maximum atomic E-state index is 5.44. The van der Waals surface area contributed by atoms with Crippen molar-refractivity contribution in [3.05, 3.63) is 11.6 Å². The SMILES string of the molecule is Cc1nnc(C2COCCN2)n1C(C)C. The van der Waals surface area contributed by atoms with Gasteiger partial charge in [0.25, 0.3) is 0 Å². The Labute approximate surface area is 89.8 Å². The van der Waals surface area contributed by atoms with E-state index in [0.29, 0.717) is 12.6 Å². The van der Waals surface area contributed by atoms with Crippen molar-refractivity contribution in [2.45, 2.75) is 32.9 Å². The van der Waals surface area contributed by atoms with Crippen LogP contribution in [0.15, 0.2) is 0 Å². The first-order valence-electron chi connectivity index (χ1n) is 5.42. The molecule has 1 unspecified atom stereocenters.